The molecule has 3 heterocycles. The van der Waals surface area contributed by atoms with E-state index in [4.69, 9.17) is 4.74 Å². The number of halogens is 1. The van der Waals surface area contributed by atoms with Crippen molar-refractivity contribution in [1.82, 2.24) is 9.80 Å². The number of esters is 1. The van der Waals surface area contributed by atoms with Gasteiger partial charge in [0.1, 0.15) is 6.04 Å². The third-order valence-corrected chi connectivity index (χ3v) is 12.6. The first-order valence-corrected chi connectivity index (χ1v) is 17.4. The molecule has 3 saturated heterocycles. The minimum absolute atomic E-state index is 0.0304. The Morgan fingerprint density at radius 1 is 1.24 bits per heavy atom. The molecule has 0 saturated carbocycles. The van der Waals surface area contributed by atoms with Crippen LogP contribution in [-0.4, -0.2) is 84.9 Å². The maximum absolute atomic E-state index is 15.0. The van der Waals surface area contributed by atoms with E-state index in [1.54, 1.807) is 22.7 Å². The van der Waals surface area contributed by atoms with Crippen LogP contribution in [0.25, 0.3) is 0 Å². The summed E-state index contributed by atoms with van der Waals surface area (Å²) < 4.78 is 4.98. The summed E-state index contributed by atoms with van der Waals surface area (Å²) in [5.74, 6) is -2.05. The van der Waals surface area contributed by atoms with Crippen LogP contribution in [0.2, 0.25) is 0 Å². The van der Waals surface area contributed by atoms with E-state index in [2.05, 4.69) is 63.7 Å². The molecule has 3 aliphatic rings. The summed E-state index contributed by atoms with van der Waals surface area (Å²) in [6.45, 7) is 22.8. The molecule has 7 nitrogen and oxygen atoms in total. The van der Waals surface area contributed by atoms with Gasteiger partial charge in [-0.2, -0.15) is 0 Å². The number of alkyl halides is 1. The van der Waals surface area contributed by atoms with Crippen LogP contribution in [0.15, 0.2) is 25.3 Å². The summed E-state index contributed by atoms with van der Waals surface area (Å²) >= 11 is 5.45. The van der Waals surface area contributed by atoms with Gasteiger partial charge in [-0.25, -0.2) is 0 Å². The highest BCUT2D eigenvalue weighted by Crippen LogP contribution is 2.68. The lowest BCUT2D eigenvalue weighted by atomic mass is 9.70. The number of nitrogens with zero attached hydrogens (tertiary/aromatic N) is 2. The molecule has 3 rings (SSSR count). The van der Waals surface area contributed by atoms with E-state index in [0.29, 0.717) is 19.6 Å². The van der Waals surface area contributed by atoms with Gasteiger partial charge in [0.25, 0.3) is 0 Å². The van der Waals surface area contributed by atoms with Crippen LogP contribution in [0, 0.1) is 23.2 Å². The van der Waals surface area contributed by atoms with Gasteiger partial charge < -0.3 is 19.6 Å². The number of likely N-dealkylation sites (tertiary alicyclic amines) is 1. The van der Waals surface area contributed by atoms with E-state index in [-0.39, 0.29) is 45.8 Å². The van der Waals surface area contributed by atoms with Crippen molar-refractivity contribution in [3.8, 4) is 0 Å². The first-order valence-electron chi connectivity index (χ1n) is 15.6. The van der Waals surface area contributed by atoms with Gasteiger partial charge in [0.05, 0.1) is 35.8 Å². The number of amides is 2. The van der Waals surface area contributed by atoms with Gasteiger partial charge in [-0.3, -0.25) is 14.4 Å². The zero-order valence-electron chi connectivity index (χ0n) is 26.7. The van der Waals surface area contributed by atoms with Crippen LogP contribution in [0.3, 0.4) is 0 Å². The van der Waals surface area contributed by atoms with Crippen molar-refractivity contribution in [1.29, 1.82) is 0 Å². The molecule has 2 amide bonds. The number of aliphatic hydroxyl groups is 1. The molecular formula is C33H53BrN2O5S. The number of ether oxygens (including phenoxy) is 1. The van der Waals surface area contributed by atoms with E-state index >= 15 is 0 Å². The van der Waals surface area contributed by atoms with Crippen molar-refractivity contribution < 1.29 is 24.2 Å². The van der Waals surface area contributed by atoms with Gasteiger partial charge >= 0.3 is 5.97 Å². The Balaban J connectivity index is 2.10. The highest BCUT2D eigenvalue weighted by atomic mass is 79.9. The van der Waals surface area contributed by atoms with Crippen molar-refractivity contribution in [3.05, 3.63) is 25.3 Å². The Morgan fingerprint density at radius 3 is 2.45 bits per heavy atom. The highest BCUT2D eigenvalue weighted by Gasteiger charge is 2.77. The van der Waals surface area contributed by atoms with E-state index in [9.17, 15) is 19.5 Å². The molecule has 0 radical (unpaired) electrons. The smallest absolute Gasteiger partial charge is 0.310 e. The van der Waals surface area contributed by atoms with Crippen molar-refractivity contribution in [2.75, 3.05) is 19.8 Å². The van der Waals surface area contributed by atoms with E-state index in [1.807, 2.05) is 24.8 Å². The minimum Gasteiger partial charge on any atom is -0.465 e. The number of unbranched alkanes of at least 4 members (excludes halogenated alkanes) is 2. The number of hydrogen-bond donors (Lipinski definition) is 1. The Morgan fingerprint density at radius 2 is 1.90 bits per heavy atom. The number of allylic oxidation sites excluding steroid dienone is 1. The molecule has 9 heteroatoms. The SMILES string of the molecule is C=CCCCCOC(=O)[C@H]1[C@H]2C(=O)N([C@@H](CO)[C@@H](C)CC)C(C(=O)N(CC=C)C(C)(C)CC(C)(C)C)C23CC(Br)[C@@H]1S3. The molecule has 2 bridgehead atoms. The molecular weight excluding hydrogens is 616 g/mol. The second-order valence-electron chi connectivity index (χ2n) is 14.3. The first-order chi connectivity index (χ1) is 19.6. The number of rotatable bonds is 15. The summed E-state index contributed by atoms with van der Waals surface area (Å²) in [7, 11) is 0. The number of aliphatic hydroxyl groups excluding tert-OH is 1. The Hall–Kier alpha value is -1.32. The van der Waals surface area contributed by atoms with Crippen molar-refractivity contribution >= 4 is 45.5 Å². The van der Waals surface area contributed by atoms with E-state index in [0.717, 1.165) is 32.1 Å². The van der Waals surface area contributed by atoms with E-state index in [1.165, 1.54) is 0 Å². The van der Waals surface area contributed by atoms with Gasteiger partial charge in [-0.05, 0) is 57.3 Å². The summed E-state index contributed by atoms with van der Waals surface area (Å²) in [5, 5.41) is 10.5. The Bertz CT molecular complexity index is 1030. The average Bonchev–Trinajstić information content (AvgIpc) is 3.49. The second kappa shape index (κ2) is 13.8. The van der Waals surface area contributed by atoms with Gasteiger partial charge in [0.2, 0.25) is 11.8 Å². The molecule has 0 aromatic heterocycles. The maximum atomic E-state index is 15.0. The Kier molecular flexibility index (Phi) is 11.5. The molecule has 0 aromatic rings. The number of carbonyl (C=O) groups excluding carboxylic acids is 3. The number of hydrogen-bond acceptors (Lipinski definition) is 6. The zero-order chi connectivity index (χ0) is 31.6. The average molecular weight is 670 g/mol. The fourth-order valence-corrected chi connectivity index (χ4v) is 11.3. The normalized spacial score (nSPS) is 30.2. The second-order valence-corrected chi connectivity index (χ2v) is 17.0. The van der Waals surface area contributed by atoms with Gasteiger partial charge in [-0.15, -0.1) is 24.9 Å². The molecule has 42 heavy (non-hydrogen) atoms. The summed E-state index contributed by atoms with van der Waals surface area (Å²) in [5.41, 5.74) is -0.557. The molecule has 8 atom stereocenters. The molecule has 3 aliphatic heterocycles. The van der Waals surface area contributed by atoms with Gasteiger partial charge in [0, 0.05) is 22.2 Å². The largest absolute Gasteiger partial charge is 0.465 e. The van der Waals surface area contributed by atoms with Crippen LogP contribution in [0.4, 0.5) is 0 Å². The molecule has 3 fully saturated rings. The topological polar surface area (TPSA) is 87.1 Å². The molecule has 0 aromatic carbocycles. The maximum Gasteiger partial charge on any atom is 0.310 e. The third kappa shape index (κ3) is 6.68. The molecule has 3 unspecified atom stereocenters. The highest BCUT2D eigenvalue weighted by molar-refractivity contribution is 9.09. The lowest BCUT2D eigenvalue weighted by Gasteiger charge is -2.47. The number of fused-ring (bicyclic) bond motifs is 1. The van der Waals surface area contributed by atoms with Crippen LogP contribution in [-0.2, 0) is 19.1 Å². The number of carbonyl (C=O) groups is 3. The summed E-state index contributed by atoms with van der Waals surface area (Å²) in [6.07, 6.45) is 8.16. The molecule has 0 aliphatic carbocycles. The predicted octanol–water partition coefficient (Wildman–Crippen LogP) is 5.99. The lowest BCUT2D eigenvalue weighted by Crippen LogP contribution is -2.62. The number of thioether (sulfide) groups is 1. The van der Waals surface area contributed by atoms with E-state index < -0.39 is 34.2 Å². The fraction of sp³-hybridized carbons (Fsp3) is 0.788. The van der Waals surface area contributed by atoms with Crippen LogP contribution in [0.1, 0.15) is 87.0 Å². The van der Waals surface area contributed by atoms with Gasteiger partial charge in [-0.1, -0.05) is 69.1 Å². The first kappa shape index (κ1) is 35.2. The van der Waals surface area contributed by atoms with Crippen LogP contribution in [0.5, 0.6) is 0 Å². The molecule has 1 spiro atoms. The molecule has 1 N–H and O–H groups in total. The van der Waals surface area contributed by atoms with Crippen LogP contribution >= 0.6 is 27.7 Å². The van der Waals surface area contributed by atoms with Gasteiger partial charge in [0.15, 0.2) is 0 Å². The fourth-order valence-electron chi connectivity index (χ4n) is 7.75. The Labute approximate surface area is 266 Å². The summed E-state index contributed by atoms with van der Waals surface area (Å²) in [6, 6.07) is -1.34. The van der Waals surface area contributed by atoms with Crippen molar-refractivity contribution in [3.63, 3.8) is 0 Å². The standard InChI is InChI=1S/C33H53BrN2O5S/c1-10-13-14-15-17-41-30(40)24-25-28(38)36(23(19-37)21(4)12-3)27(33(25)18-22(34)26(24)42-33)29(39)35(16-11-2)32(8,9)20-31(5,6)7/h10-11,21-27,37H,1-2,12-20H2,3-9H3/t21-,22?,23-,24-,25-,26-,27?,33?/m0/s1. The minimum atomic E-state index is -0.805. The third-order valence-electron chi connectivity index (χ3n) is 9.40. The van der Waals surface area contributed by atoms with Crippen LogP contribution < -0.4 is 0 Å². The molecule has 238 valence electrons. The zero-order valence-corrected chi connectivity index (χ0v) is 29.1. The quantitative estimate of drug-likeness (QED) is 0.0999. The monoisotopic (exact) mass is 668 g/mol. The van der Waals surface area contributed by atoms with Crippen molar-refractivity contribution in [2.45, 2.75) is 119 Å². The van der Waals surface area contributed by atoms with Crippen molar-refractivity contribution in [2.24, 2.45) is 23.2 Å². The summed E-state index contributed by atoms with van der Waals surface area (Å²) in [4.78, 5) is 46.7. The lowest BCUT2D eigenvalue weighted by molar-refractivity contribution is -0.155. The predicted molar refractivity (Wildman–Crippen MR) is 174 cm³/mol.